The first kappa shape index (κ1) is 17.3. The van der Waals surface area contributed by atoms with Crippen LogP contribution in [-0.2, 0) is 13.2 Å². The molecular weight excluding hydrogens is 385 g/mol. The number of hydrogen-bond acceptors (Lipinski definition) is 5. The minimum Gasteiger partial charge on any atom is -0.333 e. The number of fused-ring (bicyclic) bond motifs is 4. The minimum absolute atomic E-state index is 0.120. The molecule has 0 fully saturated rings. The van der Waals surface area contributed by atoms with Crippen LogP contribution in [0.5, 0.6) is 0 Å². The summed E-state index contributed by atoms with van der Waals surface area (Å²) in [5.74, 6) is 0.139. The van der Waals surface area contributed by atoms with Gasteiger partial charge in [0, 0.05) is 18.6 Å². The molecule has 5 heterocycles. The Kier molecular flexibility index (Phi) is 3.48. The first-order chi connectivity index (χ1) is 13.8. The third kappa shape index (κ3) is 2.56. The smallest absolute Gasteiger partial charge is 0.333 e. The van der Waals surface area contributed by atoms with Gasteiger partial charge in [0.05, 0.1) is 22.9 Å². The van der Waals surface area contributed by atoms with E-state index >= 15 is 0 Å². The molecular formula is C19H11F3N6O. The third-order valence-corrected chi connectivity index (χ3v) is 4.65. The van der Waals surface area contributed by atoms with Crippen molar-refractivity contribution >= 4 is 33.1 Å². The van der Waals surface area contributed by atoms with Crippen LogP contribution < -0.4 is 5.56 Å². The second-order valence-electron chi connectivity index (χ2n) is 6.47. The van der Waals surface area contributed by atoms with Gasteiger partial charge in [-0.05, 0) is 36.4 Å². The predicted molar refractivity (Wildman–Crippen MR) is 99.7 cm³/mol. The third-order valence-electron chi connectivity index (χ3n) is 4.65. The van der Waals surface area contributed by atoms with Gasteiger partial charge in [0.25, 0.3) is 5.56 Å². The fraction of sp³-hybridized carbons (Fsp3) is 0.105. The van der Waals surface area contributed by atoms with Crippen molar-refractivity contribution < 1.29 is 13.2 Å². The number of pyridine rings is 4. The van der Waals surface area contributed by atoms with Crippen molar-refractivity contribution in [1.29, 1.82) is 0 Å². The Hall–Kier alpha value is -3.82. The van der Waals surface area contributed by atoms with Crippen LogP contribution in [0.2, 0.25) is 0 Å². The van der Waals surface area contributed by atoms with Crippen LogP contribution in [0.1, 0.15) is 5.69 Å². The number of nitrogens with zero attached hydrogens (tertiary/aromatic N) is 6. The van der Waals surface area contributed by atoms with Crippen molar-refractivity contribution in [1.82, 2.24) is 29.1 Å². The monoisotopic (exact) mass is 396 g/mol. The van der Waals surface area contributed by atoms with Crippen LogP contribution in [0.4, 0.5) is 13.2 Å². The summed E-state index contributed by atoms with van der Waals surface area (Å²) in [6.45, 7) is 0. The second-order valence-corrected chi connectivity index (χ2v) is 6.47. The highest BCUT2D eigenvalue weighted by atomic mass is 19.4. The number of alkyl halides is 3. The van der Waals surface area contributed by atoms with E-state index in [2.05, 4.69) is 19.9 Å². The van der Waals surface area contributed by atoms with Crippen LogP contribution >= 0.6 is 0 Å². The molecule has 0 aliphatic rings. The van der Waals surface area contributed by atoms with E-state index in [0.717, 1.165) is 10.6 Å². The van der Waals surface area contributed by atoms with Gasteiger partial charge in [-0.3, -0.25) is 9.78 Å². The Bertz CT molecular complexity index is 1490. The van der Waals surface area contributed by atoms with Gasteiger partial charge in [-0.1, -0.05) is 0 Å². The lowest BCUT2D eigenvalue weighted by Crippen LogP contribution is -2.22. The molecule has 0 aromatic carbocycles. The molecule has 0 radical (unpaired) electrons. The van der Waals surface area contributed by atoms with E-state index in [-0.39, 0.29) is 17.0 Å². The van der Waals surface area contributed by atoms with Crippen LogP contribution in [0.15, 0.2) is 53.7 Å². The molecule has 10 heteroatoms. The molecule has 0 saturated carbocycles. The van der Waals surface area contributed by atoms with Gasteiger partial charge in [-0.15, -0.1) is 0 Å². The number of aromatic nitrogens is 6. The summed E-state index contributed by atoms with van der Waals surface area (Å²) in [5, 5.41) is 0.362. The van der Waals surface area contributed by atoms with Gasteiger partial charge in [0.15, 0.2) is 11.2 Å². The maximum atomic E-state index is 13.3. The first-order valence-corrected chi connectivity index (χ1v) is 8.51. The zero-order valence-corrected chi connectivity index (χ0v) is 14.8. The number of aryl methyl sites for hydroxylation is 1. The number of imidazole rings is 1. The Morgan fingerprint density at radius 1 is 0.966 bits per heavy atom. The van der Waals surface area contributed by atoms with Gasteiger partial charge in [-0.2, -0.15) is 13.2 Å². The average molecular weight is 396 g/mol. The zero-order valence-electron chi connectivity index (χ0n) is 14.8. The number of halogens is 3. The number of hydrogen-bond donors (Lipinski definition) is 0. The van der Waals surface area contributed by atoms with E-state index in [1.54, 1.807) is 36.0 Å². The van der Waals surface area contributed by atoms with Crippen LogP contribution in [0.3, 0.4) is 0 Å². The van der Waals surface area contributed by atoms with E-state index < -0.39 is 17.4 Å². The molecule has 0 aliphatic carbocycles. The van der Waals surface area contributed by atoms with E-state index in [0.29, 0.717) is 21.9 Å². The molecule has 144 valence electrons. The maximum Gasteiger partial charge on any atom is 0.433 e. The van der Waals surface area contributed by atoms with Gasteiger partial charge < -0.3 is 4.57 Å². The summed E-state index contributed by atoms with van der Waals surface area (Å²) >= 11 is 0. The van der Waals surface area contributed by atoms with Crippen LogP contribution in [0, 0.1) is 0 Å². The SMILES string of the molecule is Cn1cnc2c(=O)n(-c3ccc4ncccc4n3)c3nc(C(F)(F)F)ccc3c21. The van der Waals surface area contributed by atoms with Crippen LogP contribution in [-0.4, -0.2) is 29.1 Å². The molecule has 5 rings (SSSR count). The molecule has 0 unspecified atom stereocenters. The van der Waals surface area contributed by atoms with Crippen molar-refractivity contribution in [3.05, 3.63) is 65.0 Å². The van der Waals surface area contributed by atoms with E-state index in [1.165, 1.54) is 18.5 Å². The van der Waals surface area contributed by atoms with Gasteiger partial charge >= 0.3 is 6.18 Å². The largest absolute Gasteiger partial charge is 0.433 e. The highest BCUT2D eigenvalue weighted by Gasteiger charge is 2.33. The molecule has 0 saturated heterocycles. The van der Waals surface area contributed by atoms with Gasteiger partial charge in [0.1, 0.15) is 11.5 Å². The first-order valence-electron chi connectivity index (χ1n) is 8.51. The van der Waals surface area contributed by atoms with Crippen molar-refractivity contribution in [3.8, 4) is 5.82 Å². The fourth-order valence-corrected chi connectivity index (χ4v) is 3.35. The molecule has 0 aliphatic heterocycles. The molecule has 5 aromatic rings. The second kappa shape index (κ2) is 5.84. The van der Waals surface area contributed by atoms with Gasteiger partial charge in [-0.25, -0.2) is 19.5 Å². The summed E-state index contributed by atoms with van der Waals surface area (Å²) < 4.78 is 42.5. The van der Waals surface area contributed by atoms with E-state index in [1.807, 2.05) is 0 Å². The van der Waals surface area contributed by atoms with Crippen molar-refractivity contribution in [2.75, 3.05) is 0 Å². The summed E-state index contributed by atoms with van der Waals surface area (Å²) in [6.07, 6.45) is -1.62. The molecule has 5 aromatic heterocycles. The Labute approximate surface area is 160 Å². The Morgan fingerprint density at radius 3 is 2.59 bits per heavy atom. The van der Waals surface area contributed by atoms with E-state index in [9.17, 15) is 18.0 Å². The molecule has 7 nitrogen and oxygen atoms in total. The fourth-order valence-electron chi connectivity index (χ4n) is 3.35. The average Bonchev–Trinajstić information content (AvgIpc) is 3.09. The van der Waals surface area contributed by atoms with Crippen LogP contribution in [0.25, 0.3) is 38.9 Å². The van der Waals surface area contributed by atoms with E-state index in [4.69, 9.17) is 0 Å². The standard InChI is InChI=1S/C19H11F3N6O/c1-27-9-24-15-16(27)10-4-6-13(19(20,21)22)26-17(10)28(18(15)29)14-7-5-11-12(25-14)3-2-8-23-11/h2-9H,1H3. The number of rotatable bonds is 1. The lowest BCUT2D eigenvalue weighted by atomic mass is 10.2. The summed E-state index contributed by atoms with van der Waals surface area (Å²) in [6, 6.07) is 8.74. The topological polar surface area (TPSA) is 78.5 Å². The minimum atomic E-state index is -4.66. The lowest BCUT2D eigenvalue weighted by molar-refractivity contribution is -0.141. The molecule has 0 N–H and O–H groups in total. The van der Waals surface area contributed by atoms with Gasteiger partial charge in [0.2, 0.25) is 0 Å². The maximum absolute atomic E-state index is 13.3. The highest BCUT2D eigenvalue weighted by Crippen LogP contribution is 2.31. The summed E-state index contributed by atoms with van der Waals surface area (Å²) in [4.78, 5) is 29.6. The normalized spacial score (nSPS) is 12.3. The molecule has 0 atom stereocenters. The quantitative estimate of drug-likeness (QED) is 0.435. The lowest BCUT2D eigenvalue weighted by Gasteiger charge is -2.13. The molecule has 29 heavy (non-hydrogen) atoms. The highest BCUT2D eigenvalue weighted by molar-refractivity contribution is 6.01. The Morgan fingerprint density at radius 2 is 1.79 bits per heavy atom. The predicted octanol–water partition coefficient (Wildman–Crippen LogP) is 3.23. The van der Waals surface area contributed by atoms with Crippen molar-refractivity contribution in [2.45, 2.75) is 6.18 Å². The molecule has 0 bridgehead atoms. The zero-order chi connectivity index (χ0) is 20.3. The van der Waals surface area contributed by atoms with Crippen molar-refractivity contribution in [2.24, 2.45) is 7.05 Å². The summed E-state index contributed by atoms with van der Waals surface area (Å²) in [7, 11) is 1.66. The van der Waals surface area contributed by atoms with Crippen molar-refractivity contribution in [3.63, 3.8) is 0 Å². The summed E-state index contributed by atoms with van der Waals surface area (Å²) in [5.41, 5.74) is -0.219. The molecule has 0 spiro atoms. The Balaban J connectivity index is 1.96. The molecule has 0 amide bonds.